The third kappa shape index (κ3) is 3.00. The smallest absolute Gasteiger partial charge is 0.177 e. The van der Waals surface area contributed by atoms with E-state index in [2.05, 4.69) is 10.3 Å². The first-order chi connectivity index (χ1) is 9.27. The van der Waals surface area contributed by atoms with Gasteiger partial charge in [-0.25, -0.2) is 4.68 Å². The molecule has 0 saturated carbocycles. The van der Waals surface area contributed by atoms with Gasteiger partial charge in [0.25, 0.3) is 0 Å². The lowest BCUT2D eigenvalue weighted by Gasteiger charge is -2.17. The molecule has 2 rings (SSSR count). The van der Waals surface area contributed by atoms with Crippen LogP contribution in [0.4, 0.5) is 0 Å². The molecule has 0 N–H and O–H groups in total. The van der Waals surface area contributed by atoms with Gasteiger partial charge in [-0.15, -0.1) is 5.10 Å². The van der Waals surface area contributed by atoms with Gasteiger partial charge in [-0.3, -0.25) is 0 Å². The highest BCUT2D eigenvalue weighted by molar-refractivity contribution is 5.19. The maximum absolute atomic E-state index is 5.54. The highest BCUT2D eigenvalue weighted by atomic mass is 16.5. The Kier molecular flexibility index (Phi) is 4.65. The predicted octanol–water partition coefficient (Wildman–Crippen LogP) is 2.32. The van der Waals surface area contributed by atoms with Crippen molar-refractivity contribution in [1.82, 2.24) is 15.0 Å². The molecule has 1 heterocycles. The minimum Gasteiger partial charge on any atom is -0.375 e. The van der Waals surface area contributed by atoms with Crippen LogP contribution in [0, 0.1) is 6.92 Å². The van der Waals surface area contributed by atoms with E-state index in [0.29, 0.717) is 13.2 Å². The first-order valence-corrected chi connectivity index (χ1v) is 6.34. The standard InChI is InChI=1S/C14H19N3O2/c1-4-19-10-13-11(2)17(16-15-13)14(18-3)12-8-6-5-7-9-12/h5-9,14H,4,10H2,1-3H3. The van der Waals surface area contributed by atoms with Crippen LogP contribution in [-0.2, 0) is 16.1 Å². The van der Waals surface area contributed by atoms with E-state index in [9.17, 15) is 0 Å². The van der Waals surface area contributed by atoms with Crippen molar-refractivity contribution in [3.8, 4) is 0 Å². The number of rotatable bonds is 6. The molecule has 0 aliphatic rings. The Morgan fingerprint density at radius 1 is 1.26 bits per heavy atom. The molecule has 1 atom stereocenters. The van der Waals surface area contributed by atoms with E-state index in [0.717, 1.165) is 17.0 Å². The number of hydrogen-bond acceptors (Lipinski definition) is 4. The van der Waals surface area contributed by atoms with Gasteiger partial charge in [0.1, 0.15) is 5.69 Å². The van der Waals surface area contributed by atoms with Crippen LogP contribution in [0.1, 0.15) is 30.1 Å². The molecule has 0 spiro atoms. The van der Waals surface area contributed by atoms with E-state index >= 15 is 0 Å². The molecule has 0 amide bonds. The van der Waals surface area contributed by atoms with Gasteiger partial charge >= 0.3 is 0 Å². The third-order valence-corrected chi connectivity index (χ3v) is 3.00. The van der Waals surface area contributed by atoms with Crippen LogP contribution in [-0.4, -0.2) is 28.7 Å². The van der Waals surface area contributed by atoms with Gasteiger partial charge in [0.05, 0.1) is 12.3 Å². The van der Waals surface area contributed by atoms with Crippen LogP contribution in [0.2, 0.25) is 0 Å². The molecule has 102 valence electrons. The van der Waals surface area contributed by atoms with Crippen LogP contribution in [0.5, 0.6) is 0 Å². The Labute approximate surface area is 113 Å². The van der Waals surface area contributed by atoms with E-state index in [-0.39, 0.29) is 6.23 Å². The number of aromatic nitrogens is 3. The normalized spacial score (nSPS) is 12.6. The first kappa shape index (κ1) is 13.7. The van der Waals surface area contributed by atoms with Crippen LogP contribution in [0.25, 0.3) is 0 Å². The summed E-state index contributed by atoms with van der Waals surface area (Å²) in [5.41, 5.74) is 2.85. The highest BCUT2D eigenvalue weighted by Gasteiger charge is 2.18. The monoisotopic (exact) mass is 261 g/mol. The second-order valence-corrected chi connectivity index (χ2v) is 4.20. The topological polar surface area (TPSA) is 49.2 Å². The molecular formula is C14H19N3O2. The summed E-state index contributed by atoms with van der Waals surface area (Å²) in [5.74, 6) is 0. The van der Waals surface area contributed by atoms with Crippen molar-refractivity contribution < 1.29 is 9.47 Å². The lowest BCUT2D eigenvalue weighted by atomic mass is 10.2. The molecule has 2 aromatic rings. The summed E-state index contributed by atoms with van der Waals surface area (Å²) in [5, 5.41) is 8.33. The molecule has 1 aromatic heterocycles. The van der Waals surface area contributed by atoms with Gasteiger partial charge in [0.2, 0.25) is 0 Å². The Balaban J connectivity index is 2.27. The van der Waals surface area contributed by atoms with Gasteiger partial charge in [-0.05, 0) is 13.8 Å². The van der Waals surface area contributed by atoms with Gasteiger partial charge in [0, 0.05) is 19.3 Å². The average Bonchev–Trinajstić information content (AvgIpc) is 2.80. The van der Waals surface area contributed by atoms with E-state index in [1.807, 2.05) is 44.2 Å². The molecule has 0 aliphatic heterocycles. The predicted molar refractivity (Wildman–Crippen MR) is 71.7 cm³/mol. The first-order valence-electron chi connectivity index (χ1n) is 6.34. The molecule has 1 aromatic carbocycles. The lowest BCUT2D eigenvalue weighted by Crippen LogP contribution is -2.15. The van der Waals surface area contributed by atoms with Gasteiger partial charge in [-0.2, -0.15) is 0 Å². The van der Waals surface area contributed by atoms with Crippen molar-refractivity contribution >= 4 is 0 Å². The van der Waals surface area contributed by atoms with Crippen LogP contribution in [0.3, 0.4) is 0 Å². The number of nitrogens with zero attached hydrogens (tertiary/aromatic N) is 3. The molecule has 5 heteroatoms. The van der Waals surface area contributed by atoms with Gasteiger partial charge in [0.15, 0.2) is 6.23 Å². The number of benzene rings is 1. The lowest BCUT2D eigenvalue weighted by molar-refractivity contribution is 0.0646. The van der Waals surface area contributed by atoms with Crippen LogP contribution < -0.4 is 0 Å². The molecule has 1 unspecified atom stereocenters. The fourth-order valence-corrected chi connectivity index (χ4v) is 1.92. The van der Waals surface area contributed by atoms with Gasteiger partial charge in [-0.1, -0.05) is 35.5 Å². The molecule has 0 bridgehead atoms. The molecule has 0 aliphatic carbocycles. The molecule has 19 heavy (non-hydrogen) atoms. The largest absolute Gasteiger partial charge is 0.375 e. The number of ether oxygens (including phenoxy) is 2. The van der Waals surface area contributed by atoms with Crippen molar-refractivity contribution in [2.75, 3.05) is 13.7 Å². The van der Waals surface area contributed by atoms with Crippen molar-refractivity contribution in [3.05, 3.63) is 47.3 Å². The Hall–Kier alpha value is -1.72. The number of methoxy groups -OCH3 is 1. The van der Waals surface area contributed by atoms with E-state index in [1.54, 1.807) is 11.8 Å². The van der Waals surface area contributed by atoms with Gasteiger partial charge < -0.3 is 9.47 Å². The zero-order chi connectivity index (χ0) is 13.7. The maximum Gasteiger partial charge on any atom is 0.177 e. The summed E-state index contributed by atoms with van der Waals surface area (Å²) in [6, 6.07) is 9.96. The minimum absolute atomic E-state index is 0.260. The summed E-state index contributed by atoms with van der Waals surface area (Å²) >= 11 is 0. The SMILES string of the molecule is CCOCc1nnn(C(OC)c2ccccc2)c1C. The summed E-state index contributed by atoms with van der Waals surface area (Å²) < 4.78 is 12.7. The molecule has 5 nitrogen and oxygen atoms in total. The molecule has 0 saturated heterocycles. The zero-order valence-corrected chi connectivity index (χ0v) is 11.5. The fraction of sp³-hybridized carbons (Fsp3) is 0.429. The Bertz CT molecular complexity index is 511. The van der Waals surface area contributed by atoms with Crippen molar-refractivity contribution in [1.29, 1.82) is 0 Å². The van der Waals surface area contributed by atoms with Crippen LogP contribution in [0.15, 0.2) is 30.3 Å². The van der Waals surface area contributed by atoms with E-state index in [1.165, 1.54) is 0 Å². The molecule has 0 fully saturated rings. The van der Waals surface area contributed by atoms with Crippen molar-refractivity contribution in [3.63, 3.8) is 0 Å². The second kappa shape index (κ2) is 6.45. The highest BCUT2D eigenvalue weighted by Crippen LogP contribution is 2.20. The minimum atomic E-state index is -0.260. The summed E-state index contributed by atoms with van der Waals surface area (Å²) in [6.07, 6.45) is -0.260. The fourth-order valence-electron chi connectivity index (χ4n) is 1.92. The summed E-state index contributed by atoms with van der Waals surface area (Å²) in [6.45, 7) is 5.08. The number of hydrogen-bond donors (Lipinski definition) is 0. The summed E-state index contributed by atoms with van der Waals surface area (Å²) in [7, 11) is 1.67. The summed E-state index contributed by atoms with van der Waals surface area (Å²) in [4.78, 5) is 0. The second-order valence-electron chi connectivity index (χ2n) is 4.20. The van der Waals surface area contributed by atoms with Crippen molar-refractivity contribution in [2.24, 2.45) is 0 Å². The average molecular weight is 261 g/mol. The Morgan fingerprint density at radius 2 is 2.00 bits per heavy atom. The zero-order valence-electron chi connectivity index (χ0n) is 11.5. The Morgan fingerprint density at radius 3 is 2.63 bits per heavy atom. The molecular weight excluding hydrogens is 242 g/mol. The quantitative estimate of drug-likeness (QED) is 0.800. The van der Waals surface area contributed by atoms with E-state index in [4.69, 9.17) is 9.47 Å². The molecule has 0 radical (unpaired) electrons. The van der Waals surface area contributed by atoms with Crippen LogP contribution >= 0.6 is 0 Å². The maximum atomic E-state index is 5.54. The third-order valence-electron chi connectivity index (χ3n) is 3.00. The van der Waals surface area contributed by atoms with E-state index < -0.39 is 0 Å². The van der Waals surface area contributed by atoms with Crippen molar-refractivity contribution in [2.45, 2.75) is 26.7 Å².